The third-order valence-corrected chi connectivity index (χ3v) is 4.48. The molecule has 0 bridgehead atoms. The molecule has 7 heteroatoms. The Morgan fingerprint density at radius 3 is 3.12 bits per heavy atom. The van der Waals surface area contributed by atoms with Crippen LogP contribution in [0.4, 0.5) is 5.82 Å². The highest BCUT2D eigenvalue weighted by atomic mass is 16.1. The van der Waals surface area contributed by atoms with Crippen molar-refractivity contribution >= 4 is 17.4 Å². The Bertz CT molecular complexity index is 905. The van der Waals surface area contributed by atoms with Gasteiger partial charge in [-0.3, -0.25) is 4.79 Å². The maximum Gasteiger partial charge on any atom is 0.257 e. The monoisotopic (exact) mass is 336 g/mol. The fourth-order valence-corrected chi connectivity index (χ4v) is 3.26. The molecule has 1 fully saturated rings. The molecule has 1 saturated heterocycles. The fourth-order valence-electron chi connectivity index (χ4n) is 3.26. The van der Waals surface area contributed by atoms with E-state index in [1.54, 1.807) is 29.2 Å². The average molecular weight is 336 g/mol. The Hall–Kier alpha value is -2.96. The second-order valence-corrected chi connectivity index (χ2v) is 6.34. The van der Waals surface area contributed by atoms with E-state index in [4.69, 9.17) is 0 Å². The van der Waals surface area contributed by atoms with Gasteiger partial charge >= 0.3 is 0 Å². The van der Waals surface area contributed by atoms with Crippen LogP contribution in [0, 0.1) is 6.92 Å². The van der Waals surface area contributed by atoms with Gasteiger partial charge < -0.3 is 10.2 Å². The number of fused-ring (bicyclic) bond motifs is 1. The molecular weight excluding hydrogens is 316 g/mol. The molecule has 4 heterocycles. The van der Waals surface area contributed by atoms with E-state index >= 15 is 0 Å². The lowest BCUT2D eigenvalue weighted by atomic mass is 10.1. The van der Waals surface area contributed by atoms with Gasteiger partial charge in [0, 0.05) is 37.2 Å². The highest BCUT2D eigenvalue weighted by Crippen LogP contribution is 2.18. The van der Waals surface area contributed by atoms with Crippen LogP contribution in [0.25, 0.3) is 5.65 Å². The molecule has 1 unspecified atom stereocenters. The van der Waals surface area contributed by atoms with E-state index < -0.39 is 0 Å². The highest BCUT2D eigenvalue weighted by molar-refractivity contribution is 5.99. The summed E-state index contributed by atoms with van der Waals surface area (Å²) in [6, 6.07) is 7.90. The molecule has 0 aromatic carbocycles. The molecule has 1 amide bonds. The smallest absolute Gasteiger partial charge is 0.257 e. The molecule has 0 spiro atoms. The number of nitrogens with zero attached hydrogens (tertiary/aromatic N) is 5. The zero-order valence-corrected chi connectivity index (χ0v) is 14.1. The van der Waals surface area contributed by atoms with Crippen LogP contribution in [0.15, 0.2) is 42.9 Å². The van der Waals surface area contributed by atoms with E-state index in [-0.39, 0.29) is 11.9 Å². The lowest BCUT2D eigenvalue weighted by molar-refractivity contribution is 0.0934. The molecule has 25 heavy (non-hydrogen) atoms. The van der Waals surface area contributed by atoms with E-state index in [1.165, 1.54) is 0 Å². The maximum atomic E-state index is 12.6. The molecule has 3 aromatic rings. The summed E-state index contributed by atoms with van der Waals surface area (Å²) in [5.41, 5.74) is 2.08. The zero-order valence-electron chi connectivity index (χ0n) is 14.1. The van der Waals surface area contributed by atoms with E-state index in [0.717, 1.165) is 37.4 Å². The van der Waals surface area contributed by atoms with Crippen molar-refractivity contribution in [1.82, 2.24) is 24.9 Å². The van der Waals surface area contributed by atoms with Crippen molar-refractivity contribution in [2.24, 2.45) is 0 Å². The topological polar surface area (TPSA) is 75.4 Å². The van der Waals surface area contributed by atoms with Crippen LogP contribution in [0.3, 0.4) is 0 Å². The van der Waals surface area contributed by atoms with Gasteiger partial charge in [0.1, 0.15) is 11.4 Å². The lowest BCUT2D eigenvalue weighted by Gasteiger charge is -2.34. The molecule has 1 aliphatic heterocycles. The number of amides is 1. The Morgan fingerprint density at radius 2 is 2.24 bits per heavy atom. The normalized spacial score (nSPS) is 17.6. The Morgan fingerprint density at radius 1 is 1.32 bits per heavy atom. The summed E-state index contributed by atoms with van der Waals surface area (Å²) in [6.45, 7) is 3.71. The predicted octanol–water partition coefficient (Wildman–Crippen LogP) is 1.83. The van der Waals surface area contributed by atoms with Crippen molar-refractivity contribution in [2.75, 3.05) is 18.0 Å². The van der Waals surface area contributed by atoms with Crippen molar-refractivity contribution in [1.29, 1.82) is 0 Å². The standard InChI is InChI=1S/C18H20N6O/c1-13-5-2-7-16(21-13)23-9-3-6-14(12-23)22-18(25)15-11-20-24-10-4-8-19-17(15)24/h2,4-5,7-8,10-11,14H,3,6,9,12H2,1H3,(H,22,25). The number of aryl methyl sites for hydroxylation is 1. The second-order valence-electron chi connectivity index (χ2n) is 6.34. The minimum absolute atomic E-state index is 0.0854. The summed E-state index contributed by atoms with van der Waals surface area (Å²) in [5.74, 6) is 0.842. The third kappa shape index (κ3) is 3.17. The Labute approximate surface area is 145 Å². The van der Waals surface area contributed by atoms with Gasteiger partial charge in [0.05, 0.1) is 6.20 Å². The molecule has 4 rings (SSSR count). The largest absolute Gasteiger partial charge is 0.355 e. The first-order valence-electron chi connectivity index (χ1n) is 8.48. The summed E-state index contributed by atoms with van der Waals surface area (Å²) in [4.78, 5) is 23.7. The van der Waals surface area contributed by atoms with Gasteiger partial charge in [0.25, 0.3) is 5.91 Å². The van der Waals surface area contributed by atoms with Crippen LogP contribution in [0.1, 0.15) is 28.9 Å². The van der Waals surface area contributed by atoms with Crippen LogP contribution >= 0.6 is 0 Å². The van der Waals surface area contributed by atoms with Crippen LogP contribution < -0.4 is 10.2 Å². The first kappa shape index (κ1) is 15.6. The maximum absolute atomic E-state index is 12.6. The summed E-state index contributed by atoms with van der Waals surface area (Å²) in [7, 11) is 0. The van der Waals surface area contributed by atoms with Crippen molar-refractivity contribution in [2.45, 2.75) is 25.8 Å². The van der Waals surface area contributed by atoms with Crippen LogP contribution in [-0.2, 0) is 0 Å². The SMILES string of the molecule is Cc1cccc(N2CCCC(NC(=O)c3cnn4cccnc34)C2)n1. The van der Waals surface area contributed by atoms with Crippen molar-refractivity contribution < 1.29 is 4.79 Å². The van der Waals surface area contributed by atoms with Gasteiger partial charge in [-0.25, -0.2) is 14.5 Å². The Kier molecular flexibility index (Phi) is 4.05. The number of hydrogen-bond acceptors (Lipinski definition) is 5. The summed E-state index contributed by atoms with van der Waals surface area (Å²) < 4.78 is 1.61. The van der Waals surface area contributed by atoms with E-state index in [9.17, 15) is 4.79 Å². The number of hydrogen-bond donors (Lipinski definition) is 1. The summed E-state index contributed by atoms with van der Waals surface area (Å²) in [5, 5.41) is 7.30. The van der Waals surface area contributed by atoms with Crippen molar-refractivity contribution in [3.05, 3.63) is 54.1 Å². The Balaban J connectivity index is 1.48. The minimum atomic E-state index is -0.127. The van der Waals surface area contributed by atoms with Gasteiger partial charge in [-0.15, -0.1) is 0 Å². The summed E-state index contributed by atoms with van der Waals surface area (Å²) >= 11 is 0. The number of aromatic nitrogens is 4. The molecule has 3 aromatic heterocycles. The third-order valence-electron chi connectivity index (χ3n) is 4.48. The highest BCUT2D eigenvalue weighted by Gasteiger charge is 2.24. The molecule has 0 saturated carbocycles. The zero-order chi connectivity index (χ0) is 17.2. The number of nitrogens with one attached hydrogen (secondary N) is 1. The second kappa shape index (κ2) is 6.51. The number of anilines is 1. The molecule has 0 aliphatic carbocycles. The lowest BCUT2D eigenvalue weighted by Crippen LogP contribution is -2.48. The first-order valence-corrected chi connectivity index (χ1v) is 8.48. The predicted molar refractivity (Wildman–Crippen MR) is 94.7 cm³/mol. The average Bonchev–Trinajstić information content (AvgIpc) is 3.06. The number of pyridine rings is 1. The van der Waals surface area contributed by atoms with Crippen molar-refractivity contribution in [3.63, 3.8) is 0 Å². The molecule has 1 aliphatic rings. The van der Waals surface area contributed by atoms with E-state index in [1.807, 2.05) is 25.1 Å². The van der Waals surface area contributed by atoms with Crippen LogP contribution in [-0.4, -0.2) is 44.6 Å². The summed E-state index contributed by atoms with van der Waals surface area (Å²) in [6.07, 6.45) is 7.00. The first-order chi connectivity index (χ1) is 12.2. The van der Waals surface area contributed by atoms with Gasteiger partial charge in [-0.2, -0.15) is 5.10 Å². The quantitative estimate of drug-likeness (QED) is 0.790. The molecule has 7 nitrogen and oxygen atoms in total. The van der Waals surface area contributed by atoms with Gasteiger partial charge in [-0.1, -0.05) is 6.07 Å². The number of carbonyl (C=O) groups excluding carboxylic acids is 1. The van der Waals surface area contributed by atoms with Gasteiger partial charge in [0.2, 0.25) is 0 Å². The van der Waals surface area contributed by atoms with Crippen LogP contribution in [0.5, 0.6) is 0 Å². The minimum Gasteiger partial charge on any atom is -0.355 e. The van der Waals surface area contributed by atoms with Gasteiger partial charge in [0.15, 0.2) is 5.65 Å². The molecule has 128 valence electrons. The molecule has 1 atom stereocenters. The molecular formula is C18H20N6O. The van der Waals surface area contributed by atoms with Crippen molar-refractivity contribution in [3.8, 4) is 0 Å². The number of carbonyl (C=O) groups is 1. The number of rotatable bonds is 3. The number of piperidine rings is 1. The molecule has 0 radical (unpaired) electrons. The van der Waals surface area contributed by atoms with Gasteiger partial charge in [-0.05, 0) is 38.0 Å². The van der Waals surface area contributed by atoms with E-state index in [0.29, 0.717) is 11.2 Å². The molecule has 1 N–H and O–H groups in total. The van der Waals surface area contributed by atoms with Crippen LogP contribution in [0.2, 0.25) is 0 Å². The fraction of sp³-hybridized carbons (Fsp3) is 0.333. The van der Waals surface area contributed by atoms with E-state index in [2.05, 4.69) is 25.3 Å².